The lowest BCUT2D eigenvalue weighted by molar-refractivity contribution is -0.0534. The van der Waals surface area contributed by atoms with Gasteiger partial charge in [-0.25, -0.2) is 4.98 Å². The molecule has 0 bridgehead atoms. The lowest BCUT2D eigenvalue weighted by Gasteiger charge is -2.41. The average molecular weight is 402 g/mol. The Kier molecular flexibility index (Phi) is 5.39. The minimum absolute atomic E-state index is 0.369. The monoisotopic (exact) mass is 401 g/mol. The Morgan fingerprint density at radius 2 is 1.80 bits per heavy atom. The van der Waals surface area contributed by atoms with Crippen molar-refractivity contribution in [2.24, 2.45) is 0 Å². The molecule has 0 saturated heterocycles. The molecule has 1 fully saturated rings. The van der Waals surface area contributed by atoms with E-state index in [-0.39, 0.29) is 0 Å². The van der Waals surface area contributed by atoms with Crippen LogP contribution in [0.3, 0.4) is 0 Å². The average Bonchev–Trinajstić information content (AvgIpc) is 3.25. The van der Waals surface area contributed by atoms with E-state index < -0.39 is 0 Å². The van der Waals surface area contributed by atoms with E-state index in [9.17, 15) is 0 Å². The minimum atomic E-state index is 0.369. The quantitative estimate of drug-likeness (QED) is 0.539. The van der Waals surface area contributed by atoms with Gasteiger partial charge in [0.2, 0.25) is 0 Å². The largest absolute Gasteiger partial charge is 0.382 e. The van der Waals surface area contributed by atoms with Gasteiger partial charge in [0, 0.05) is 42.2 Å². The molecule has 0 radical (unpaired) electrons. The summed E-state index contributed by atoms with van der Waals surface area (Å²) in [4.78, 5) is 9.61. The number of aromatic nitrogens is 1. The summed E-state index contributed by atoms with van der Waals surface area (Å²) in [6.07, 6.45) is 6.91. The first-order chi connectivity index (χ1) is 14.8. The maximum Gasteiger partial charge on any atom is 0.0944 e. The van der Waals surface area contributed by atoms with Gasteiger partial charge in [0.25, 0.3) is 0 Å². The van der Waals surface area contributed by atoms with Crippen LogP contribution in [0.2, 0.25) is 0 Å². The fraction of sp³-hybridized carbons (Fsp3) is 0.320. The van der Waals surface area contributed by atoms with Crippen molar-refractivity contribution in [1.82, 2.24) is 9.88 Å². The van der Waals surface area contributed by atoms with Crippen molar-refractivity contribution in [2.75, 3.05) is 31.9 Å². The molecule has 1 aliphatic carbocycles. The maximum atomic E-state index is 5.82. The molecule has 154 valence electrons. The number of nitrogens with zero attached hydrogens (tertiary/aromatic N) is 3. The molecular formula is C25H27N3O2. The molecular weight excluding hydrogens is 374 g/mol. The van der Waals surface area contributed by atoms with Crippen molar-refractivity contribution < 1.29 is 9.47 Å². The smallest absolute Gasteiger partial charge is 0.0944 e. The highest BCUT2D eigenvalue weighted by atomic mass is 16.5. The minimum Gasteiger partial charge on any atom is -0.382 e. The number of methoxy groups -OCH3 is 1. The summed E-state index contributed by atoms with van der Waals surface area (Å²) < 4.78 is 10.9. The van der Waals surface area contributed by atoms with Gasteiger partial charge < -0.3 is 19.3 Å². The molecule has 5 heteroatoms. The molecule has 0 N–H and O–H groups in total. The second-order valence-corrected chi connectivity index (χ2v) is 7.97. The lowest BCUT2D eigenvalue weighted by Crippen LogP contribution is -2.47. The van der Waals surface area contributed by atoms with Gasteiger partial charge in [0.15, 0.2) is 0 Å². The summed E-state index contributed by atoms with van der Waals surface area (Å²) in [6.45, 7) is 2.23. The van der Waals surface area contributed by atoms with Crippen LogP contribution < -0.4 is 4.90 Å². The highest BCUT2D eigenvalue weighted by Gasteiger charge is 2.35. The van der Waals surface area contributed by atoms with Gasteiger partial charge in [-0.05, 0) is 31.0 Å². The van der Waals surface area contributed by atoms with E-state index in [1.807, 2.05) is 6.07 Å². The SMILES string of the molecule is COCCOC1CC(N2C=CN(c3ccc4ccc(-c5ccccc5)nc4c3)C2)C1. The number of pyridine rings is 1. The van der Waals surface area contributed by atoms with Crippen molar-refractivity contribution in [3.8, 4) is 11.3 Å². The Morgan fingerprint density at radius 3 is 2.63 bits per heavy atom. The predicted octanol–water partition coefficient (Wildman–Crippen LogP) is 4.65. The van der Waals surface area contributed by atoms with Crippen LogP contribution in [0.1, 0.15) is 12.8 Å². The number of hydrogen-bond acceptors (Lipinski definition) is 5. The zero-order valence-corrected chi connectivity index (χ0v) is 17.3. The number of fused-ring (bicyclic) bond motifs is 1. The first-order valence-corrected chi connectivity index (χ1v) is 10.6. The summed E-state index contributed by atoms with van der Waals surface area (Å²) in [5.41, 5.74) is 4.35. The van der Waals surface area contributed by atoms with Crippen molar-refractivity contribution >= 4 is 16.6 Å². The Bertz CT molecular complexity index is 1030. The number of anilines is 1. The van der Waals surface area contributed by atoms with E-state index in [0.29, 0.717) is 25.4 Å². The molecule has 2 heterocycles. The predicted molar refractivity (Wildman–Crippen MR) is 120 cm³/mol. The Labute approximate surface area is 177 Å². The Hall–Kier alpha value is -2.89. The van der Waals surface area contributed by atoms with E-state index >= 15 is 0 Å². The van der Waals surface area contributed by atoms with Crippen LogP contribution in [-0.4, -0.2) is 49.0 Å². The molecule has 0 unspecified atom stereocenters. The van der Waals surface area contributed by atoms with Gasteiger partial charge in [-0.1, -0.05) is 42.5 Å². The standard InChI is InChI=1S/C25H27N3O2/c1-29-13-14-30-23-15-22(16-23)28-12-11-27(18-28)21-9-7-20-8-10-24(26-25(20)17-21)19-5-3-2-4-6-19/h2-12,17,22-23H,13-16,18H2,1H3. The van der Waals surface area contributed by atoms with Crippen LogP contribution in [0.15, 0.2) is 73.1 Å². The summed E-state index contributed by atoms with van der Waals surface area (Å²) in [7, 11) is 1.71. The van der Waals surface area contributed by atoms with Gasteiger partial charge in [-0.15, -0.1) is 0 Å². The fourth-order valence-corrected chi connectivity index (χ4v) is 4.14. The second-order valence-electron chi connectivity index (χ2n) is 7.97. The fourth-order valence-electron chi connectivity index (χ4n) is 4.14. The van der Waals surface area contributed by atoms with Gasteiger partial charge in [-0.2, -0.15) is 0 Å². The van der Waals surface area contributed by atoms with Gasteiger partial charge >= 0.3 is 0 Å². The first kappa shape index (κ1) is 19.1. The maximum absolute atomic E-state index is 5.82. The Balaban J connectivity index is 1.25. The van der Waals surface area contributed by atoms with E-state index in [0.717, 1.165) is 41.7 Å². The highest BCUT2D eigenvalue weighted by molar-refractivity contribution is 5.85. The summed E-state index contributed by atoms with van der Waals surface area (Å²) in [5, 5.41) is 1.16. The number of ether oxygens (including phenoxy) is 2. The molecule has 0 amide bonds. The summed E-state index contributed by atoms with van der Waals surface area (Å²) in [5.74, 6) is 0. The summed E-state index contributed by atoms with van der Waals surface area (Å²) in [6, 6.07) is 21.7. The van der Waals surface area contributed by atoms with Crippen molar-refractivity contribution in [3.63, 3.8) is 0 Å². The van der Waals surface area contributed by atoms with Crippen molar-refractivity contribution in [1.29, 1.82) is 0 Å². The molecule has 30 heavy (non-hydrogen) atoms. The van der Waals surface area contributed by atoms with E-state index in [1.165, 1.54) is 5.69 Å². The molecule has 1 saturated carbocycles. The first-order valence-electron chi connectivity index (χ1n) is 10.6. The van der Waals surface area contributed by atoms with E-state index in [1.54, 1.807) is 7.11 Å². The third-order valence-corrected chi connectivity index (χ3v) is 6.01. The molecule has 5 rings (SSSR count). The van der Waals surface area contributed by atoms with Gasteiger partial charge in [0.05, 0.1) is 37.2 Å². The van der Waals surface area contributed by atoms with Crippen LogP contribution in [0.4, 0.5) is 5.69 Å². The molecule has 1 aromatic heterocycles. The van der Waals surface area contributed by atoms with Gasteiger partial charge in [0.1, 0.15) is 0 Å². The van der Waals surface area contributed by atoms with Crippen LogP contribution in [-0.2, 0) is 9.47 Å². The molecule has 3 aromatic rings. The zero-order valence-electron chi connectivity index (χ0n) is 17.3. The number of rotatable bonds is 7. The number of benzene rings is 2. The molecule has 2 aliphatic rings. The third-order valence-electron chi connectivity index (χ3n) is 6.01. The summed E-state index contributed by atoms with van der Waals surface area (Å²) >= 11 is 0. The second kappa shape index (κ2) is 8.46. The molecule has 0 spiro atoms. The Morgan fingerprint density at radius 1 is 0.967 bits per heavy atom. The van der Waals surface area contributed by atoms with Crippen molar-refractivity contribution in [3.05, 3.63) is 73.1 Å². The van der Waals surface area contributed by atoms with Gasteiger partial charge in [-0.3, -0.25) is 0 Å². The van der Waals surface area contributed by atoms with Crippen molar-refractivity contribution in [2.45, 2.75) is 25.0 Å². The topological polar surface area (TPSA) is 37.8 Å². The zero-order chi connectivity index (χ0) is 20.3. The van der Waals surface area contributed by atoms with Crippen LogP contribution >= 0.6 is 0 Å². The van der Waals surface area contributed by atoms with E-state index in [4.69, 9.17) is 14.5 Å². The van der Waals surface area contributed by atoms with Crippen LogP contribution in [0, 0.1) is 0 Å². The van der Waals surface area contributed by atoms with E-state index in [2.05, 4.69) is 76.8 Å². The van der Waals surface area contributed by atoms with Crippen LogP contribution in [0.25, 0.3) is 22.2 Å². The number of hydrogen-bond donors (Lipinski definition) is 0. The highest BCUT2D eigenvalue weighted by Crippen LogP contribution is 2.32. The third kappa shape index (κ3) is 3.91. The normalized spacial score (nSPS) is 20.7. The lowest BCUT2D eigenvalue weighted by atomic mass is 9.88. The van der Waals surface area contributed by atoms with Crippen LogP contribution in [0.5, 0.6) is 0 Å². The molecule has 1 aliphatic heterocycles. The molecule has 2 aromatic carbocycles. The molecule has 5 nitrogen and oxygen atoms in total. The molecule has 0 atom stereocenters.